The van der Waals surface area contributed by atoms with E-state index in [-0.39, 0.29) is 29.3 Å². The first-order valence-corrected chi connectivity index (χ1v) is 8.90. The third-order valence-corrected chi connectivity index (χ3v) is 5.44. The maximum Gasteiger partial charge on any atom is 0.225 e. The summed E-state index contributed by atoms with van der Waals surface area (Å²) in [6.45, 7) is 2.01. The summed E-state index contributed by atoms with van der Waals surface area (Å²) in [4.78, 5) is 25.3. The molecule has 1 amide bonds. The lowest BCUT2D eigenvalue weighted by molar-refractivity contribution is -0.122. The largest absolute Gasteiger partial charge is 0.329 e. The Morgan fingerprint density at radius 3 is 2.42 bits per heavy atom. The summed E-state index contributed by atoms with van der Waals surface area (Å²) < 4.78 is 13.2. The Kier molecular flexibility index (Phi) is 4.19. The van der Waals surface area contributed by atoms with Crippen molar-refractivity contribution in [2.45, 2.75) is 38.0 Å². The van der Waals surface area contributed by atoms with E-state index in [0.29, 0.717) is 19.3 Å². The highest BCUT2D eigenvalue weighted by Gasteiger charge is 2.38. The molecule has 0 fully saturated rings. The van der Waals surface area contributed by atoms with Gasteiger partial charge in [-0.05, 0) is 48.1 Å². The smallest absolute Gasteiger partial charge is 0.225 e. The van der Waals surface area contributed by atoms with Crippen molar-refractivity contribution in [2.75, 3.05) is 0 Å². The summed E-state index contributed by atoms with van der Waals surface area (Å²) in [5, 5.41) is 2.92. The molecule has 0 aromatic heterocycles. The standard InChI is InChI=1S/C22H20FNO2/c1-13-4-2-3-5-17(13)18-12-21(26)24-19-10-15(11-20(25)22(18)19)14-6-8-16(23)9-7-14/h2-9,15,18H,10-12H2,1H3,(H,24,26)/t15-,18-/m0/s1. The van der Waals surface area contributed by atoms with Gasteiger partial charge in [0.1, 0.15) is 5.82 Å². The van der Waals surface area contributed by atoms with Crippen LogP contribution in [0, 0.1) is 12.7 Å². The van der Waals surface area contributed by atoms with Crippen LogP contribution in [0.3, 0.4) is 0 Å². The number of hydrogen-bond acceptors (Lipinski definition) is 2. The number of ketones is 1. The molecule has 0 spiro atoms. The van der Waals surface area contributed by atoms with Gasteiger partial charge in [-0.3, -0.25) is 9.59 Å². The highest BCUT2D eigenvalue weighted by Crippen LogP contribution is 2.43. The van der Waals surface area contributed by atoms with Gasteiger partial charge >= 0.3 is 0 Å². The van der Waals surface area contributed by atoms with Crippen LogP contribution in [0.2, 0.25) is 0 Å². The molecule has 1 N–H and O–H groups in total. The molecule has 2 aromatic rings. The zero-order valence-electron chi connectivity index (χ0n) is 14.6. The number of hydrogen-bond donors (Lipinski definition) is 1. The minimum Gasteiger partial charge on any atom is -0.329 e. The van der Waals surface area contributed by atoms with E-state index in [4.69, 9.17) is 0 Å². The van der Waals surface area contributed by atoms with Gasteiger partial charge in [0.25, 0.3) is 0 Å². The normalized spacial score (nSPS) is 22.8. The molecule has 0 radical (unpaired) electrons. The number of allylic oxidation sites excluding steroid dienone is 2. The minimum atomic E-state index is -0.290. The topological polar surface area (TPSA) is 46.2 Å². The summed E-state index contributed by atoms with van der Waals surface area (Å²) in [5.74, 6) is -0.473. The van der Waals surface area contributed by atoms with Crippen molar-refractivity contribution < 1.29 is 14.0 Å². The fourth-order valence-corrected chi connectivity index (χ4v) is 4.17. The average Bonchev–Trinajstić information content (AvgIpc) is 2.61. The average molecular weight is 349 g/mol. The van der Waals surface area contributed by atoms with Gasteiger partial charge in [-0.1, -0.05) is 36.4 Å². The van der Waals surface area contributed by atoms with Gasteiger partial charge in [-0.25, -0.2) is 4.39 Å². The number of carbonyl (C=O) groups excluding carboxylic acids is 2. The third kappa shape index (κ3) is 2.96. The van der Waals surface area contributed by atoms with Crippen LogP contribution < -0.4 is 5.32 Å². The van der Waals surface area contributed by atoms with Gasteiger partial charge in [0.05, 0.1) is 0 Å². The van der Waals surface area contributed by atoms with E-state index in [9.17, 15) is 14.0 Å². The predicted molar refractivity (Wildman–Crippen MR) is 97.1 cm³/mol. The molecule has 1 heterocycles. The summed E-state index contributed by atoms with van der Waals surface area (Å²) in [5.41, 5.74) is 4.55. The summed E-state index contributed by atoms with van der Waals surface area (Å²) in [7, 11) is 0. The van der Waals surface area contributed by atoms with Crippen molar-refractivity contribution >= 4 is 11.7 Å². The molecule has 3 nitrogen and oxygen atoms in total. The first kappa shape index (κ1) is 16.7. The van der Waals surface area contributed by atoms with Crippen molar-refractivity contribution in [3.8, 4) is 0 Å². The molecule has 4 rings (SSSR count). The van der Waals surface area contributed by atoms with Gasteiger partial charge in [-0.2, -0.15) is 0 Å². The minimum absolute atomic E-state index is 0.0298. The van der Waals surface area contributed by atoms with Crippen LogP contribution in [0.15, 0.2) is 59.8 Å². The van der Waals surface area contributed by atoms with Gasteiger partial charge in [0.15, 0.2) is 5.78 Å². The molecule has 0 saturated carbocycles. The maximum atomic E-state index is 13.2. The predicted octanol–water partition coefficient (Wildman–Crippen LogP) is 4.14. The van der Waals surface area contributed by atoms with Crippen LogP contribution in [0.5, 0.6) is 0 Å². The molecule has 2 atom stereocenters. The van der Waals surface area contributed by atoms with Crippen LogP contribution >= 0.6 is 0 Å². The van der Waals surface area contributed by atoms with Crippen LogP contribution in [-0.2, 0) is 9.59 Å². The number of carbonyl (C=O) groups is 2. The molecule has 0 saturated heterocycles. The van der Waals surface area contributed by atoms with E-state index >= 15 is 0 Å². The quantitative estimate of drug-likeness (QED) is 0.886. The zero-order chi connectivity index (χ0) is 18.3. The van der Waals surface area contributed by atoms with Crippen molar-refractivity contribution in [1.82, 2.24) is 5.32 Å². The van der Waals surface area contributed by atoms with Crippen molar-refractivity contribution in [3.63, 3.8) is 0 Å². The number of aryl methyl sites for hydroxylation is 1. The fraction of sp³-hybridized carbons (Fsp3) is 0.273. The Morgan fingerprint density at radius 1 is 0.962 bits per heavy atom. The van der Waals surface area contributed by atoms with E-state index in [2.05, 4.69) is 5.32 Å². The first-order valence-electron chi connectivity index (χ1n) is 8.90. The van der Waals surface area contributed by atoms with E-state index in [1.165, 1.54) is 12.1 Å². The second-order valence-electron chi connectivity index (χ2n) is 7.13. The van der Waals surface area contributed by atoms with Gasteiger partial charge in [0, 0.05) is 30.0 Å². The number of halogens is 1. The SMILES string of the molecule is Cc1ccccc1[C@@H]1CC(=O)NC2=C1C(=O)C[C@@H](c1ccc(F)cc1)C2. The molecule has 26 heavy (non-hydrogen) atoms. The Hall–Kier alpha value is -2.75. The molecule has 1 aliphatic carbocycles. The highest BCUT2D eigenvalue weighted by atomic mass is 19.1. The van der Waals surface area contributed by atoms with E-state index in [0.717, 1.165) is 28.0 Å². The van der Waals surface area contributed by atoms with E-state index < -0.39 is 0 Å². The molecule has 0 bridgehead atoms. The second-order valence-corrected chi connectivity index (χ2v) is 7.13. The molecule has 2 aromatic carbocycles. The second kappa shape index (κ2) is 6.52. The highest BCUT2D eigenvalue weighted by molar-refractivity contribution is 6.02. The Bertz CT molecular complexity index is 914. The third-order valence-electron chi connectivity index (χ3n) is 5.44. The molecular weight excluding hydrogens is 329 g/mol. The van der Waals surface area contributed by atoms with Crippen LogP contribution in [0.1, 0.15) is 47.8 Å². The van der Waals surface area contributed by atoms with Crippen molar-refractivity contribution in [1.29, 1.82) is 0 Å². The number of rotatable bonds is 2. The van der Waals surface area contributed by atoms with Gasteiger partial charge in [-0.15, -0.1) is 0 Å². The monoisotopic (exact) mass is 349 g/mol. The van der Waals surface area contributed by atoms with Crippen molar-refractivity contribution in [3.05, 3.63) is 82.3 Å². The van der Waals surface area contributed by atoms with E-state index in [1.807, 2.05) is 31.2 Å². The lowest BCUT2D eigenvalue weighted by atomic mass is 9.73. The van der Waals surface area contributed by atoms with Crippen LogP contribution in [-0.4, -0.2) is 11.7 Å². The van der Waals surface area contributed by atoms with E-state index in [1.54, 1.807) is 12.1 Å². The lowest BCUT2D eigenvalue weighted by Gasteiger charge is -2.35. The molecule has 132 valence electrons. The molecule has 2 aliphatic rings. The van der Waals surface area contributed by atoms with Crippen LogP contribution in [0.4, 0.5) is 4.39 Å². The Morgan fingerprint density at radius 2 is 1.69 bits per heavy atom. The molecule has 4 heteroatoms. The zero-order valence-corrected chi connectivity index (χ0v) is 14.6. The number of benzene rings is 2. The number of amides is 1. The van der Waals surface area contributed by atoms with Gasteiger partial charge in [0.2, 0.25) is 5.91 Å². The lowest BCUT2D eigenvalue weighted by Crippen LogP contribution is -2.38. The summed E-state index contributed by atoms with van der Waals surface area (Å²) in [6, 6.07) is 14.2. The summed E-state index contributed by atoms with van der Waals surface area (Å²) in [6.07, 6.45) is 1.29. The van der Waals surface area contributed by atoms with Crippen molar-refractivity contribution in [2.24, 2.45) is 0 Å². The number of Topliss-reactive ketones (excluding diaryl/α,β-unsaturated/α-hetero) is 1. The number of nitrogens with one attached hydrogen (secondary N) is 1. The van der Waals surface area contributed by atoms with Gasteiger partial charge < -0.3 is 5.32 Å². The molecule has 0 unspecified atom stereocenters. The molecule has 1 aliphatic heterocycles. The Balaban J connectivity index is 1.73. The van der Waals surface area contributed by atoms with Crippen LogP contribution in [0.25, 0.3) is 0 Å². The Labute approximate surface area is 151 Å². The fourth-order valence-electron chi connectivity index (χ4n) is 4.17. The molecular formula is C22H20FNO2. The first-order chi connectivity index (χ1) is 12.5. The summed E-state index contributed by atoms with van der Waals surface area (Å²) >= 11 is 0. The maximum absolute atomic E-state index is 13.2.